The number of fused-ring (bicyclic) bond motifs is 1. The van der Waals surface area contributed by atoms with Crippen LogP contribution in [0.3, 0.4) is 0 Å². The summed E-state index contributed by atoms with van der Waals surface area (Å²) in [6, 6.07) is 11.4. The molecule has 0 saturated carbocycles. The number of rotatable bonds is 6. The van der Waals surface area contributed by atoms with E-state index in [2.05, 4.69) is 45.4 Å². The summed E-state index contributed by atoms with van der Waals surface area (Å²) in [7, 11) is 0. The first-order valence-corrected chi connectivity index (χ1v) is 8.67. The molecule has 3 nitrogen and oxygen atoms in total. The highest BCUT2D eigenvalue weighted by molar-refractivity contribution is 5.42. The van der Waals surface area contributed by atoms with Crippen molar-refractivity contribution in [1.82, 2.24) is 9.80 Å². The Labute approximate surface area is 129 Å². The smallest absolute Gasteiger partial charge is 0.0340 e. The van der Waals surface area contributed by atoms with E-state index in [0.29, 0.717) is 0 Å². The third kappa shape index (κ3) is 4.45. The van der Waals surface area contributed by atoms with Gasteiger partial charge in [0.2, 0.25) is 0 Å². The zero-order chi connectivity index (χ0) is 14.3. The van der Waals surface area contributed by atoms with Crippen LogP contribution in [-0.2, 0) is 0 Å². The fraction of sp³-hybridized carbons (Fsp3) is 0.667. The SMILES string of the molecule is c1ccc(NCCCCN2CCN3CCCCC3C2)cc1. The zero-order valence-electron chi connectivity index (χ0n) is 13.1. The van der Waals surface area contributed by atoms with Gasteiger partial charge in [-0.25, -0.2) is 0 Å². The Morgan fingerprint density at radius 3 is 2.81 bits per heavy atom. The van der Waals surface area contributed by atoms with Crippen molar-refractivity contribution in [3.05, 3.63) is 30.3 Å². The summed E-state index contributed by atoms with van der Waals surface area (Å²) in [5.74, 6) is 0. The second-order valence-corrected chi connectivity index (χ2v) is 6.49. The van der Waals surface area contributed by atoms with Gasteiger partial charge < -0.3 is 10.2 Å². The van der Waals surface area contributed by atoms with Crippen molar-refractivity contribution in [2.24, 2.45) is 0 Å². The predicted octanol–water partition coefficient (Wildman–Crippen LogP) is 3.05. The molecule has 1 aromatic carbocycles. The number of piperazine rings is 1. The fourth-order valence-electron chi connectivity index (χ4n) is 3.67. The molecule has 2 saturated heterocycles. The largest absolute Gasteiger partial charge is 0.385 e. The van der Waals surface area contributed by atoms with Crippen molar-refractivity contribution in [2.45, 2.75) is 38.1 Å². The molecule has 2 fully saturated rings. The Morgan fingerprint density at radius 2 is 1.90 bits per heavy atom. The molecule has 1 aromatic rings. The maximum atomic E-state index is 3.50. The van der Waals surface area contributed by atoms with Crippen LogP contribution in [0.25, 0.3) is 0 Å². The van der Waals surface area contributed by atoms with E-state index in [4.69, 9.17) is 0 Å². The van der Waals surface area contributed by atoms with Crippen molar-refractivity contribution in [3.63, 3.8) is 0 Å². The molecule has 2 aliphatic rings. The highest BCUT2D eigenvalue weighted by Gasteiger charge is 2.28. The Morgan fingerprint density at radius 1 is 1.00 bits per heavy atom. The normalized spacial score (nSPS) is 23.7. The van der Waals surface area contributed by atoms with Crippen LogP contribution in [0.15, 0.2) is 30.3 Å². The minimum Gasteiger partial charge on any atom is -0.385 e. The average molecular weight is 287 g/mol. The number of benzene rings is 1. The molecule has 2 heterocycles. The topological polar surface area (TPSA) is 18.5 Å². The summed E-state index contributed by atoms with van der Waals surface area (Å²) in [6.45, 7) is 7.61. The third-order valence-corrected chi connectivity index (χ3v) is 4.93. The molecule has 2 aliphatic heterocycles. The van der Waals surface area contributed by atoms with E-state index in [1.54, 1.807) is 0 Å². The van der Waals surface area contributed by atoms with Crippen LogP contribution >= 0.6 is 0 Å². The molecule has 1 atom stereocenters. The van der Waals surface area contributed by atoms with E-state index in [9.17, 15) is 0 Å². The number of nitrogens with zero attached hydrogens (tertiary/aromatic N) is 2. The van der Waals surface area contributed by atoms with Gasteiger partial charge in [-0.15, -0.1) is 0 Å². The molecule has 3 rings (SSSR count). The van der Waals surface area contributed by atoms with Crippen LogP contribution in [0.4, 0.5) is 5.69 Å². The summed E-state index contributed by atoms with van der Waals surface area (Å²) < 4.78 is 0. The second kappa shape index (κ2) is 7.81. The average Bonchev–Trinajstić information content (AvgIpc) is 2.55. The first-order chi connectivity index (χ1) is 10.4. The molecule has 0 aliphatic carbocycles. The van der Waals surface area contributed by atoms with Crippen molar-refractivity contribution in [1.29, 1.82) is 0 Å². The van der Waals surface area contributed by atoms with Gasteiger partial charge in [0.15, 0.2) is 0 Å². The molecular weight excluding hydrogens is 258 g/mol. The lowest BCUT2D eigenvalue weighted by Gasteiger charge is -2.44. The molecule has 0 radical (unpaired) electrons. The minimum absolute atomic E-state index is 0.856. The highest BCUT2D eigenvalue weighted by atomic mass is 15.3. The number of unbranched alkanes of at least 4 members (excludes halogenated alkanes) is 1. The quantitative estimate of drug-likeness (QED) is 0.811. The van der Waals surface area contributed by atoms with E-state index >= 15 is 0 Å². The minimum atomic E-state index is 0.856. The van der Waals surface area contributed by atoms with Gasteiger partial charge in [-0.2, -0.15) is 0 Å². The summed E-state index contributed by atoms with van der Waals surface area (Å²) >= 11 is 0. The maximum absolute atomic E-state index is 3.50. The van der Waals surface area contributed by atoms with Crippen molar-refractivity contribution >= 4 is 5.69 Å². The van der Waals surface area contributed by atoms with E-state index < -0.39 is 0 Å². The van der Waals surface area contributed by atoms with Crippen LogP contribution < -0.4 is 5.32 Å². The van der Waals surface area contributed by atoms with E-state index in [-0.39, 0.29) is 0 Å². The van der Waals surface area contributed by atoms with E-state index in [0.717, 1.165) is 12.6 Å². The third-order valence-electron chi connectivity index (χ3n) is 4.93. The van der Waals surface area contributed by atoms with Gasteiger partial charge in [-0.3, -0.25) is 4.90 Å². The lowest BCUT2D eigenvalue weighted by Crippen LogP contribution is -2.54. The van der Waals surface area contributed by atoms with Crippen LogP contribution in [0.1, 0.15) is 32.1 Å². The Hall–Kier alpha value is -1.06. The monoisotopic (exact) mass is 287 g/mol. The van der Waals surface area contributed by atoms with Gasteiger partial charge >= 0.3 is 0 Å². The number of piperidine rings is 1. The number of nitrogens with one attached hydrogen (secondary N) is 1. The standard InChI is InChI=1S/C18H29N3/c1-2-8-17(9-3-1)19-11-5-7-12-20-14-15-21-13-6-4-10-18(21)16-20/h1-3,8-9,18-19H,4-7,10-16H2. The number of hydrogen-bond donors (Lipinski definition) is 1. The van der Waals surface area contributed by atoms with Gasteiger partial charge in [-0.05, 0) is 50.9 Å². The van der Waals surface area contributed by atoms with Crippen molar-refractivity contribution < 1.29 is 0 Å². The molecule has 0 bridgehead atoms. The summed E-state index contributed by atoms with van der Waals surface area (Å²) in [5, 5.41) is 3.50. The molecule has 0 spiro atoms. The van der Waals surface area contributed by atoms with Crippen LogP contribution in [0, 0.1) is 0 Å². The molecular formula is C18H29N3. The molecule has 21 heavy (non-hydrogen) atoms. The second-order valence-electron chi connectivity index (χ2n) is 6.49. The fourth-order valence-corrected chi connectivity index (χ4v) is 3.67. The molecule has 116 valence electrons. The van der Waals surface area contributed by atoms with Gasteiger partial charge in [0, 0.05) is 37.9 Å². The van der Waals surface area contributed by atoms with E-state index in [1.807, 2.05) is 0 Å². The summed E-state index contributed by atoms with van der Waals surface area (Å²) in [6.07, 6.45) is 6.86. The van der Waals surface area contributed by atoms with Crippen LogP contribution in [-0.4, -0.2) is 55.1 Å². The van der Waals surface area contributed by atoms with Crippen molar-refractivity contribution in [3.8, 4) is 0 Å². The maximum Gasteiger partial charge on any atom is 0.0340 e. The Bertz CT molecular complexity index is 406. The first-order valence-electron chi connectivity index (χ1n) is 8.67. The lowest BCUT2D eigenvalue weighted by molar-refractivity contribution is 0.0488. The number of anilines is 1. The molecule has 1 unspecified atom stereocenters. The molecule has 3 heteroatoms. The van der Waals surface area contributed by atoms with Crippen molar-refractivity contribution in [2.75, 3.05) is 44.6 Å². The predicted molar refractivity (Wildman–Crippen MR) is 89.8 cm³/mol. The molecule has 0 amide bonds. The van der Waals surface area contributed by atoms with Gasteiger partial charge in [0.25, 0.3) is 0 Å². The highest BCUT2D eigenvalue weighted by Crippen LogP contribution is 2.21. The first kappa shape index (κ1) is 14.9. The summed E-state index contributed by atoms with van der Waals surface area (Å²) in [5.41, 5.74) is 1.24. The van der Waals surface area contributed by atoms with Gasteiger partial charge in [-0.1, -0.05) is 24.6 Å². The number of hydrogen-bond acceptors (Lipinski definition) is 3. The Balaban J connectivity index is 1.29. The van der Waals surface area contributed by atoms with Gasteiger partial charge in [0.05, 0.1) is 0 Å². The number of para-hydroxylation sites is 1. The lowest BCUT2D eigenvalue weighted by atomic mass is 9.99. The van der Waals surface area contributed by atoms with Crippen LogP contribution in [0.2, 0.25) is 0 Å². The zero-order valence-corrected chi connectivity index (χ0v) is 13.1. The van der Waals surface area contributed by atoms with E-state index in [1.165, 1.54) is 70.5 Å². The summed E-state index contributed by atoms with van der Waals surface area (Å²) in [4.78, 5) is 5.41. The van der Waals surface area contributed by atoms with Crippen LogP contribution in [0.5, 0.6) is 0 Å². The molecule has 1 N–H and O–H groups in total. The Kier molecular flexibility index (Phi) is 5.53. The van der Waals surface area contributed by atoms with Gasteiger partial charge in [0.1, 0.15) is 0 Å². The molecule has 0 aromatic heterocycles.